The van der Waals surface area contributed by atoms with Crippen LogP contribution in [0.2, 0.25) is 0 Å². The molecule has 0 atom stereocenters. The first kappa shape index (κ1) is 15.6. The van der Waals surface area contributed by atoms with Gasteiger partial charge in [-0.15, -0.1) is 0 Å². The van der Waals surface area contributed by atoms with E-state index in [0.29, 0.717) is 23.6 Å². The van der Waals surface area contributed by atoms with E-state index < -0.39 is 6.61 Å². The Kier molecular flexibility index (Phi) is 5.48. The fraction of sp³-hybridized carbons (Fsp3) is 0.467. The molecule has 0 radical (unpaired) electrons. The number of rotatable bonds is 5. The molecule has 0 spiro atoms. The molecule has 0 fully saturated rings. The summed E-state index contributed by atoms with van der Waals surface area (Å²) in [7, 11) is 0. The lowest BCUT2D eigenvalue weighted by molar-refractivity contribution is -0.0507. The van der Waals surface area contributed by atoms with Crippen molar-refractivity contribution in [3.8, 4) is 5.75 Å². The lowest BCUT2D eigenvalue weighted by atomic mass is 9.98. The van der Waals surface area contributed by atoms with Gasteiger partial charge in [0.05, 0.1) is 0 Å². The van der Waals surface area contributed by atoms with Crippen LogP contribution >= 0.6 is 0 Å². The van der Waals surface area contributed by atoms with E-state index in [-0.39, 0.29) is 5.75 Å². The van der Waals surface area contributed by atoms with Crippen LogP contribution in [0.25, 0.3) is 6.08 Å². The van der Waals surface area contributed by atoms with Crippen molar-refractivity contribution in [1.29, 1.82) is 0 Å². The lowest BCUT2D eigenvalue weighted by Gasteiger charge is -2.13. The number of aryl methyl sites for hydroxylation is 2. The normalized spacial score (nSPS) is 12.4. The molecule has 1 aromatic rings. The number of nitrogens with two attached hydrogens (primary N) is 1. The van der Waals surface area contributed by atoms with Crippen LogP contribution in [-0.4, -0.2) is 13.2 Å². The molecule has 0 unspecified atom stereocenters. The summed E-state index contributed by atoms with van der Waals surface area (Å²) in [4.78, 5) is 0. The summed E-state index contributed by atoms with van der Waals surface area (Å²) in [6.07, 6.45) is 2.01. The van der Waals surface area contributed by atoms with Gasteiger partial charge in [0.2, 0.25) is 0 Å². The minimum absolute atomic E-state index is 0.256. The molecular weight excluding hydrogens is 248 g/mol. The Labute approximate surface area is 113 Å². The molecule has 0 bridgehead atoms. The van der Waals surface area contributed by atoms with Gasteiger partial charge in [0.1, 0.15) is 5.75 Å². The van der Waals surface area contributed by atoms with Gasteiger partial charge in [-0.05, 0) is 48.6 Å². The van der Waals surface area contributed by atoms with Gasteiger partial charge < -0.3 is 10.5 Å². The molecule has 0 aliphatic rings. The van der Waals surface area contributed by atoms with Gasteiger partial charge in [-0.1, -0.05) is 25.5 Å². The summed E-state index contributed by atoms with van der Waals surface area (Å²) in [5, 5.41) is 0. The Morgan fingerprint density at radius 3 is 2.16 bits per heavy atom. The molecule has 2 nitrogen and oxygen atoms in total. The maximum atomic E-state index is 12.3. The number of halogens is 2. The van der Waals surface area contributed by atoms with E-state index >= 15 is 0 Å². The van der Waals surface area contributed by atoms with Crippen molar-refractivity contribution >= 4 is 6.08 Å². The van der Waals surface area contributed by atoms with Gasteiger partial charge in [-0.25, -0.2) is 0 Å². The standard InChI is InChI=1S/C15H21F2NO/c1-9(2)13(8-18)7-12-5-10(3)14(11(4)6-12)19-15(16)17/h5-7,9,15H,8,18H2,1-4H3. The van der Waals surface area contributed by atoms with Crippen LogP contribution in [0.5, 0.6) is 5.75 Å². The van der Waals surface area contributed by atoms with Crippen LogP contribution in [0.1, 0.15) is 30.5 Å². The van der Waals surface area contributed by atoms with Crippen LogP contribution in [0, 0.1) is 19.8 Å². The van der Waals surface area contributed by atoms with E-state index in [1.807, 2.05) is 18.2 Å². The van der Waals surface area contributed by atoms with E-state index in [1.54, 1.807) is 13.8 Å². The summed E-state index contributed by atoms with van der Waals surface area (Å²) < 4.78 is 29.1. The van der Waals surface area contributed by atoms with Crippen LogP contribution in [-0.2, 0) is 0 Å². The SMILES string of the molecule is Cc1cc(C=C(CN)C(C)C)cc(C)c1OC(F)F. The van der Waals surface area contributed by atoms with Crippen molar-refractivity contribution in [2.45, 2.75) is 34.3 Å². The number of benzene rings is 1. The average Bonchev–Trinajstić information content (AvgIpc) is 2.30. The Morgan fingerprint density at radius 1 is 1.26 bits per heavy atom. The predicted octanol–water partition coefficient (Wildman–Crippen LogP) is 3.90. The van der Waals surface area contributed by atoms with Gasteiger partial charge in [-0.2, -0.15) is 8.78 Å². The van der Waals surface area contributed by atoms with Crippen molar-refractivity contribution in [2.24, 2.45) is 11.7 Å². The molecule has 0 saturated heterocycles. The van der Waals surface area contributed by atoms with E-state index in [0.717, 1.165) is 11.1 Å². The molecule has 1 aromatic carbocycles. The summed E-state index contributed by atoms with van der Waals surface area (Å²) in [5.41, 5.74) is 9.19. The molecule has 2 N–H and O–H groups in total. The Balaban J connectivity index is 3.14. The van der Waals surface area contributed by atoms with Crippen LogP contribution in [0.3, 0.4) is 0 Å². The smallest absolute Gasteiger partial charge is 0.387 e. The first-order chi connectivity index (χ1) is 8.85. The maximum absolute atomic E-state index is 12.3. The van der Waals surface area contributed by atoms with Gasteiger partial charge in [0.25, 0.3) is 0 Å². The highest BCUT2D eigenvalue weighted by atomic mass is 19.3. The molecule has 0 heterocycles. The minimum Gasteiger partial charge on any atom is -0.434 e. The third-order valence-corrected chi connectivity index (χ3v) is 3.02. The fourth-order valence-electron chi connectivity index (χ4n) is 2.02. The van der Waals surface area contributed by atoms with Crippen molar-refractivity contribution < 1.29 is 13.5 Å². The second kappa shape index (κ2) is 6.66. The second-order valence-corrected chi connectivity index (χ2v) is 4.94. The molecule has 0 amide bonds. The Bertz CT molecular complexity index is 444. The average molecular weight is 269 g/mol. The third kappa shape index (κ3) is 4.31. The highest BCUT2D eigenvalue weighted by molar-refractivity contribution is 5.58. The van der Waals surface area contributed by atoms with Crippen molar-refractivity contribution in [3.05, 3.63) is 34.4 Å². The molecule has 4 heteroatoms. The number of hydrogen-bond donors (Lipinski definition) is 1. The third-order valence-electron chi connectivity index (χ3n) is 3.02. The first-order valence-electron chi connectivity index (χ1n) is 6.31. The van der Waals surface area contributed by atoms with Gasteiger partial charge in [0.15, 0.2) is 0 Å². The highest BCUT2D eigenvalue weighted by Crippen LogP contribution is 2.27. The molecule has 106 valence electrons. The minimum atomic E-state index is -2.80. The Hall–Kier alpha value is -1.42. The van der Waals surface area contributed by atoms with Crippen LogP contribution in [0.4, 0.5) is 8.78 Å². The number of alkyl halides is 2. The van der Waals surface area contributed by atoms with Gasteiger partial charge in [0, 0.05) is 6.54 Å². The monoisotopic (exact) mass is 269 g/mol. The van der Waals surface area contributed by atoms with E-state index in [1.165, 1.54) is 0 Å². The van der Waals surface area contributed by atoms with Crippen molar-refractivity contribution in [3.63, 3.8) is 0 Å². The Morgan fingerprint density at radius 2 is 1.79 bits per heavy atom. The zero-order chi connectivity index (χ0) is 14.6. The predicted molar refractivity (Wildman–Crippen MR) is 74.4 cm³/mol. The number of ether oxygens (including phenoxy) is 1. The van der Waals surface area contributed by atoms with Crippen LogP contribution in [0.15, 0.2) is 17.7 Å². The molecule has 1 rings (SSSR count). The van der Waals surface area contributed by atoms with Crippen molar-refractivity contribution in [2.75, 3.05) is 6.54 Å². The number of hydrogen-bond acceptors (Lipinski definition) is 2. The van der Waals surface area contributed by atoms with E-state index in [4.69, 9.17) is 5.73 Å². The molecule has 0 saturated carbocycles. The van der Waals surface area contributed by atoms with E-state index in [2.05, 4.69) is 18.6 Å². The molecule has 0 aliphatic carbocycles. The summed E-state index contributed by atoms with van der Waals surface area (Å²) in [5.74, 6) is 0.619. The highest BCUT2D eigenvalue weighted by Gasteiger charge is 2.11. The zero-order valence-corrected chi connectivity index (χ0v) is 11.8. The second-order valence-electron chi connectivity index (χ2n) is 4.94. The van der Waals surface area contributed by atoms with E-state index in [9.17, 15) is 8.78 Å². The zero-order valence-electron chi connectivity index (χ0n) is 11.8. The van der Waals surface area contributed by atoms with Gasteiger partial charge >= 0.3 is 6.61 Å². The summed E-state index contributed by atoms with van der Waals surface area (Å²) in [6.45, 7) is 5.37. The lowest BCUT2D eigenvalue weighted by Crippen LogP contribution is -2.08. The first-order valence-corrected chi connectivity index (χ1v) is 6.31. The summed E-state index contributed by atoms with van der Waals surface area (Å²) in [6, 6.07) is 3.67. The topological polar surface area (TPSA) is 35.2 Å². The van der Waals surface area contributed by atoms with Crippen LogP contribution < -0.4 is 10.5 Å². The van der Waals surface area contributed by atoms with Gasteiger partial charge in [-0.3, -0.25) is 0 Å². The quantitative estimate of drug-likeness (QED) is 0.879. The molecular formula is C15H21F2NO. The molecule has 0 aliphatic heterocycles. The van der Waals surface area contributed by atoms with Crippen molar-refractivity contribution in [1.82, 2.24) is 0 Å². The molecule has 19 heavy (non-hydrogen) atoms. The summed E-state index contributed by atoms with van der Waals surface area (Å²) >= 11 is 0. The maximum Gasteiger partial charge on any atom is 0.387 e. The largest absolute Gasteiger partial charge is 0.434 e. The fourth-order valence-corrected chi connectivity index (χ4v) is 2.02. The molecule has 0 aromatic heterocycles.